The van der Waals surface area contributed by atoms with E-state index in [1.54, 1.807) is 42.1 Å². The van der Waals surface area contributed by atoms with Crippen molar-refractivity contribution < 1.29 is 9.59 Å². The van der Waals surface area contributed by atoms with Gasteiger partial charge in [0.2, 0.25) is 5.91 Å². The second-order valence-electron chi connectivity index (χ2n) is 6.13. The standard InChI is InChI=1S/C20H22Cl2N2O2S/c1-13-4-3-5-14(10-13)19(25)24-18(8-9-27-2)20(26)23-12-15-6-7-16(21)11-17(15)22/h3-7,10-11,18H,8-9,12H2,1-2H3,(H,23,26)(H,24,25). The van der Waals surface area contributed by atoms with Gasteiger partial charge in [-0.3, -0.25) is 9.59 Å². The zero-order chi connectivity index (χ0) is 19.8. The van der Waals surface area contributed by atoms with Crippen LogP contribution in [0.4, 0.5) is 0 Å². The molecule has 27 heavy (non-hydrogen) atoms. The Morgan fingerprint density at radius 3 is 2.59 bits per heavy atom. The summed E-state index contributed by atoms with van der Waals surface area (Å²) in [6, 6.07) is 11.8. The summed E-state index contributed by atoms with van der Waals surface area (Å²) in [5.74, 6) is 0.258. The van der Waals surface area contributed by atoms with Crippen LogP contribution in [0.1, 0.15) is 27.9 Å². The molecule has 2 aromatic rings. The lowest BCUT2D eigenvalue weighted by Crippen LogP contribution is -2.46. The summed E-state index contributed by atoms with van der Waals surface area (Å²) < 4.78 is 0. The van der Waals surface area contributed by atoms with Gasteiger partial charge in [-0.15, -0.1) is 0 Å². The third-order valence-electron chi connectivity index (χ3n) is 3.98. The van der Waals surface area contributed by atoms with Gasteiger partial charge in [-0.05, 0) is 55.2 Å². The Morgan fingerprint density at radius 1 is 1.15 bits per heavy atom. The molecule has 0 spiro atoms. The number of thioether (sulfide) groups is 1. The number of hydrogen-bond acceptors (Lipinski definition) is 3. The van der Waals surface area contributed by atoms with Crippen molar-refractivity contribution in [2.24, 2.45) is 0 Å². The number of carbonyl (C=O) groups excluding carboxylic acids is 2. The van der Waals surface area contributed by atoms with Crippen molar-refractivity contribution in [1.82, 2.24) is 10.6 Å². The smallest absolute Gasteiger partial charge is 0.251 e. The molecular weight excluding hydrogens is 403 g/mol. The highest BCUT2D eigenvalue weighted by Gasteiger charge is 2.21. The quantitative estimate of drug-likeness (QED) is 0.656. The van der Waals surface area contributed by atoms with Gasteiger partial charge in [0.1, 0.15) is 6.04 Å². The monoisotopic (exact) mass is 424 g/mol. The van der Waals surface area contributed by atoms with E-state index in [4.69, 9.17) is 23.2 Å². The zero-order valence-electron chi connectivity index (χ0n) is 15.2. The number of halogens is 2. The molecule has 2 amide bonds. The molecule has 0 aliphatic heterocycles. The molecule has 7 heteroatoms. The normalized spacial score (nSPS) is 11.7. The lowest BCUT2D eigenvalue weighted by Gasteiger charge is -2.18. The first kappa shape index (κ1) is 21.6. The van der Waals surface area contributed by atoms with E-state index in [0.29, 0.717) is 22.0 Å². The second kappa shape index (κ2) is 10.6. The predicted molar refractivity (Wildman–Crippen MR) is 114 cm³/mol. The molecule has 2 rings (SSSR count). The van der Waals surface area contributed by atoms with E-state index >= 15 is 0 Å². The van der Waals surface area contributed by atoms with Crippen molar-refractivity contribution >= 4 is 46.8 Å². The Balaban J connectivity index is 2.03. The van der Waals surface area contributed by atoms with Gasteiger partial charge in [0.15, 0.2) is 0 Å². The van der Waals surface area contributed by atoms with E-state index in [0.717, 1.165) is 16.9 Å². The minimum Gasteiger partial charge on any atom is -0.350 e. The van der Waals surface area contributed by atoms with Crippen LogP contribution in [0.15, 0.2) is 42.5 Å². The molecule has 0 saturated heterocycles. The molecule has 0 fully saturated rings. The summed E-state index contributed by atoms with van der Waals surface area (Å²) in [6.45, 7) is 2.19. The molecule has 4 nitrogen and oxygen atoms in total. The van der Waals surface area contributed by atoms with Crippen molar-refractivity contribution in [3.8, 4) is 0 Å². The highest BCUT2D eigenvalue weighted by atomic mass is 35.5. The molecule has 0 saturated carbocycles. The number of hydrogen-bond donors (Lipinski definition) is 2. The predicted octanol–water partition coefficient (Wildman–Crippen LogP) is 4.47. The molecule has 2 N–H and O–H groups in total. The molecule has 0 aromatic heterocycles. The topological polar surface area (TPSA) is 58.2 Å². The number of aryl methyl sites for hydroxylation is 1. The van der Waals surface area contributed by atoms with Crippen LogP contribution in [0.5, 0.6) is 0 Å². The number of nitrogens with one attached hydrogen (secondary N) is 2. The Labute approximate surface area is 174 Å². The van der Waals surface area contributed by atoms with E-state index in [2.05, 4.69) is 10.6 Å². The minimum absolute atomic E-state index is 0.240. The van der Waals surface area contributed by atoms with E-state index < -0.39 is 6.04 Å². The SMILES string of the molecule is CSCCC(NC(=O)c1cccc(C)c1)C(=O)NCc1ccc(Cl)cc1Cl. The van der Waals surface area contributed by atoms with Gasteiger partial charge in [0.05, 0.1) is 0 Å². The van der Waals surface area contributed by atoms with Crippen LogP contribution in [-0.2, 0) is 11.3 Å². The first-order chi connectivity index (χ1) is 12.9. The number of benzene rings is 2. The van der Waals surface area contributed by atoms with Crippen molar-refractivity contribution in [2.75, 3.05) is 12.0 Å². The number of amides is 2. The van der Waals surface area contributed by atoms with Crippen molar-refractivity contribution in [3.63, 3.8) is 0 Å². The minimum atomic E-state index is -0.614. The Hall–Kier alpha value is -1.69. The summed E-state index contributed by atoms with van der Waals surface area (Å²) in [5, 5.41) is 6.72. The van der Waals surface area contributed by atoms with Gasteiger partial charge in [-0.1, -0.05) is 47.0 Å². The van der Waals surface area contributed by atoms with Crippen molar-refractivity contribution in [3.05, 3.63) is 69.2 Å². The fourth-order valence-corrected chi connectivity index (χ4v) is 3.45. The van der Waals surface area contributed by atoms with E-state index in [-0.39, 0.29) is 18.4 Å². The molecule has 1 atom stereocenters. The average Bonchev–Trinajstić information content (AvgIpc) is 2.64. The van der Waals surface area contributed by atoms with Gasteiger partial charge in [0, 0.05) is 22.2 Å². The maximum atomic E-state index is 12.6. The highest BCUT2D eigenvalue weighted by Crippen LogP contribution is 2.20. The second-order valence-corrected chi connectivity index (χ2v) is 7.96. The molecule has 0 aliphatic carbocycles. The lowest BCUT2D eigenvalue weighted by molar-refractivity contribution is -0.123. The first-order valence-corrected chi connectivity index (χ1v) is 10.6. The maximum Gasteiger partial charge on any atom is 0.251 e. The van der Waals surface area contributed by atoms with Gasteiger partial charge in [-0.25, -0.2) is 0 Å². The van der Waals surface area contributed by atoms with E-state index in [1.165, 1.54) is 0 Å². The third kappa shape index (κ3) is 6.76. The van der Waals surface area contributed by atoms with E-state index in [1.807, 2.05) is 25.3 Å². The molecular formula is C20H22Cl2N2O2S. The maximum absolute atomic E-state index is 12.6. The molecule has 0 heterocycles. The first-order valence-electron chi connectivity index (χ1n) is 8.49. The molecule has 144 valence electrons. The number of carbonyl (C=O) groups is 2. The van der Waals surface area contributed by atoms with Gasteiger partial charge >= 0.3 is 0 Å². The molecule has 0 radical (unpaired) electrons. The Morgan fingerprint density at radius 2 is 1.93 bits per heavy atom. The number of rotatable bonds is 8. The summed E-state index contributed by atoms with van der Waals surface area (Å²) in [5.41, 5.74) is 2.30. The lowest BCUT2D eigenvalue weighted by atomic mass is 10.1. The van der Waals surface area contributed by atoms with Gasteiger partial charge in [0.25, 0.3) is 5.91 Å². The molecule has 2 aromatic carbocycles. The fraction of sp³-hybridized carbons (Fsp3) is 0.300. The zero-order valence-corrected chi connectivity index (χ0v) is 17.5. The van der Waals surface area contributed by atoms with Crippen LogP contribution in [0.3, 0.4) is 0 Å². The summed E-state index contributed by atoms with van der Waals surface area (Å²) in [4.78, 5) is 25.1. The molecule has 0 bridgehead atoms. The van der Waals surface area contributed by atoms with Crippen LogP contribution in [0.2, 0.25) is 10.0 Å². The van der Waals surface area contributed by atoms with Crippen molar-refractivity contribution in [2.45, 2.75) is 25.9 Å². The van der Waals surface area contributed by atoms with Crippen LogP contribution in [0, 0.1) is 6.92 Å². The molecule has 1 unspecified atom stereocenters. The Kier molecular flexibility index (Phi) is 8.48. The van der Waals surface area contributed by atoms with Crippen LogP contribution < -0.4 is 10.6 Å². The largest absolute Gasteiger partial charge is 0.350 e. The highest BCUT2D eigenvalue weighted by molar-refractivity contribution is 7.98. The Bertz CT molecular complexity index is 814. The van der Waals surface area contributed by atoms with Crippen LogP contribution in [-0.4, -0.2) is 29.9 Å². The third-order valence-corrected chi connectivity index (χ3v) is 5.21. The summed E-state index contributed by atoms with van der Waals surface area (Å²) in [7, 11) is 0. The van der Waals surface area contributed by atoms with Crippen LogP contribution in [0.25, 0.3) is 0 Å². The fourth-order valence-electron chi connectivity index (χ4n) is 2.50. The van der Waals surface area contributed by atoms with Gasteiger partial charge in [-0.2, -0.15) is 11.8 Å². The average molecular weight is 425 g/mol. The van der Waals surface area contributed by atoms with Crippen LogP contribution >= 0.6 is 35.0 Å². The van der Waals surface area contributed by atoms with E-state index in [9.17, 15) is 9.59 Å². The molecule has 0 aliphatic rings. The van der Waals surface area contributed by atoms with Gasteiger partial charge < -0.3 is 10.6 Å². The summed E-state index contributed by atoms with van der Waals surface area (Å²) >= 11 is 13.7. The summed E-state index contributed by atoms with van der Waals surface area (Å²) in [6.07, 6.45) is 2.50. The van der Waals surface area contributed by atoms with Crippen molar-refractivity contribution in [1.29, 1.82) is 0 Å².